The second kappa shape index (κ2) is 12.9. The molecule has 0 aromatic heterocycles. The Balaban J connectivity index is 1.97. The minimum absolute atomic E-state index is 0.325. The smallest absolute Gasteiger partial charge is 0.333 e. The SMILES string of the molecule is CCO[C@@H](Cc1ccc(OC/C=C(\C)C#Cc2cc(I)cc(I)c2)c(I)c1)C(=O)O. The van der Waals surface area contributed by atoms with Crippen LogP contribution in [-0.4, -0.2) is 30.4 Å². The molecule has 0 spiro atoms. The number of ether oxygens (including phenoxy) is 2. The Morgan fingerprint density at radius 2 is 1.87 bits per heavy atom. The minimum Gasteiger partial charge on any atom is -0.488 e. The summed E-state index contributed by atoms with van der Waals surface area (Å²) in [4.78, 5) is 11.3. The molecule has 0 heterocycles. The summed E-state index contributed by atoms with van der Waals surface area (Å²) in [6.07, 6.45) is 1.44. The monoisotopic (exact) mass is 742 g/mol. The van der Waals surface area contributed by atoms with Gasteiger partial charge in [-0.3, -0.25) is 0 Å². The molecule has 158 valence electrons. The molecular weight excluding hydrogens is 721 g/mol. The number of halogens is 3. The van der Waals surface area contributed by atoms with Crippen LogP contribution >= 0.6 is 67.8 Å². The summed E-state index contributed by atoms with van der Waals surface area (Å²) >= 11 is 6.78. The van der Waals surface area contributed by atoms with E-state index in [9.17, 15) is 9.90 Å². The highest BCUT2D eigenvalue weighted by Gasteiger charge is 2.18. The van der Waals surface area contributed by atoms with E-state index < -0.39 is 12.1 Å². The molecule has 2 aromatic rings. The first kappa shape index (κ1) is 25.4. The van der Waals surface area contributed by atoms with Crippen molar-refractivity contribution in [3.63, 3.8) is 0 Å². The number of hydrogen-bond donors (Lipinski definition) is 1. The first-order valence-electron chi connectivity index (χ1n) is 9.19. The van der Waals surface area contributed by atoms with E-state index in [-0.39, 0.29) is 0 Å². The zero-order chi connectivity index (χ0) is 22.1. The zero-order valence-electron chi connectivity index (χ0n) is 16.5. The number of rotatable bonds is 8. The van der Waals surface area contributed by atoms with E-state index in [1.165, 1.54) is 7.14 Å². The first-order chi connectivity index (χ1) is 14.3. The van der Waals surface area contributed by atoms with Gasteiger partial charge in [-0.2, -0.15) is 0 Å². The first-order valence-corrected chi connectivity index (χ1v) is 12.4. The molecule has 0 radical (unpaired) electrons. The number of benzene rings is 2. The second-order valence-corrected chi connectivity index (χ2v) is 10.0. The molecule has 1 atom stereocenters. The van der Waals surface area contributed by atoms with Crippen LogP contribution in [-0.2, 0) is 16.0 Å². The molecule has 0 saturated carbocycles. The predicted octanol–water partition coefficient (Wildman–Crippen LogP) is 5.91. The molecule has 7 heteroatoms. The van der Waals surface area contributed by atoms with Gasteiger partial charge in [0.25, 0.3) is 0 Å². The van der Waals surface area contributed by atoms with Crippen molar-refractivity contribution in [2.45, 2.75) is 26.4 Å². The topological polar surface area (TPSA) is 55.8 Å². The van der Waals surface area contributed by atoms with Crippen molar-refractivity contribution in [1.29, 1.82) is 0 Å². The summed E-state index contributed by atoms with van der Waals surface area (Å²) in [5.41, 5.74) is 2.84. The van der Waals surface area contributed by atoms with Crippen LogP contribution in [0, 0.1) is 22.6 Å². The Morgan fingerprint density at radius 3 is 2.47 bits per heavy atom. The van der Waals surface area contributed by atoms with Crippen molar-refractivity contribution < 1.29 is 19.4 Å². The number of allylic oxidation sites excluding steroid dienone is 1. The lowest BCUT2D eigenvalue weighted by atomic mass is 10.1. The molecule has 0 fully saturated rings. The summed E-state index contributed by atoms with van der Waals surface area (Å²) in [7, 11) is 0. The van der Waals surface area contributed by atoms with Crippen molar-refractivity contribution in [2.24, 2.45) is 0 Å². The van der Waals surface area contributed by atoms with Crippen LogP contribution in [0.3, 0.4) is 0 Å². The fraction of sp³-hybridized carbons (Fsp3) is 0.261. The quantitative estimate of drug-likeness (QED) is 0.270. The summed E-state index contributed by atoms with van der Waals surface area (Å²) in [6, 6.07) is 11.9. The number of carbonyl (C=O) groups is 1. The fourth-order valence-corrected chi connectivity index (χ4v) is 5.20. The summed E-state index contributed by atoms with van der Waals surface area (Å²) in [5.74, 6) is 6.15. The minimum atomic E-state index is -0.950. The molecule has 2 rings (SSSR count). The van der Waals surface area contributed by atoms with Gasteiger partial charge >= 0.3 is 5.97 Å². The van der Waals surface area contributed by atoms with Gasteiger partial charge in [-0.15, -0.1) is 0 Å². The number of aliphatic carboxylic acids is 1. The number of hydrogen-bond acceptors (Lipinski definition) is 3. The van der Waals surface area contributed by atoms with E-state index in [1.54, 1.807) is 6.92 Å². The van der Waals surface area contributed by atoms with Gasteiger partial charge in [0.1, 0.15) is 12.4 Å². The molecule has 4 nitrogen and oxygen atoms in total. The van der Waals surface area contributed by atoms with Crippen molar-refractivity contribution >= 4 is 73.7 Å². The highest BCUT2D eigenvalue weighted by Crippen LogP contribution is 2.23. The van der Waals surface area contributed by atoms with Gasteiger partial charge in [0, 0.05) is 25.7 Å². The lowest BCUT2D eigenvalue weighted by Crippen LogP contribution is -2.26. The Morgan fingerprint density at radius 1 is 1.17 bits per heavy atom. The lowest BCUT2D eigenvalue weighted by molar-refractivity contribution is -0.149. The van der Waals surface area contributed by atoms with Gasteiger partial charge in [0.2, 0.25) is 0 Å². The number of carboxylic acid groups (broad SMARTS) is 1. The van der Waals surface area contributed by atoms with Crippen LogP contribution < -0.4 is 4.74 Å². The molecule has 0 amide bonds. The number of carboxylic acids is 1. The Hall–Kier alpha value is -0.840. The molecular formula is C23H21I3O4. The van der Waals surface area contributed by atoms with Gasteiger partial charge in [0.15, 0.2) is 6.10 Å². The van der Waals surface area contributed by atoms with E-state index in [2.05, 4.69) is 97.8 Å². The predicted molar refractivity (Wildman–Crippen MR) is 144 cm³/mol. The van der Waals surface area contributed by atoms with E-state index in [0.717, 1.165) is 26.0 Å². The second-order valence-electron chi connectivity index (χ2n) is 6.36. The van der Waals surface area contributed by atoms with E-state index in [1.807, 2.05) is 31.2 Å². The Labute approximate surface area is 218 Å². The normalized spacial score (nSPS) is 12.1. The highest BCUT2D eigenvalue weighted by atomic mass is 127. The third-order valence-corrected chi connectivity index (χ3v) is 6.04. The molecule has 1 N–H and O–H groups in total. The van der Waals surface area contributed by atoms with E-state index in [4.69, 9.17) is 9.47 Å². The van der Waals surface area contributed by atoms with Gasteiger partial charge in [-0.25, -0.2) is 4.79 Å². The van der Waals surface area contributed by atoms with E-state index >= 15 is 0 Å². The zero-order valence-corrected chi connectivity index (χ0v) is 23.0. The Kier molecular flexibility index (Phi) is 10.9. The Bertz CT molecular complexity index is 969. The summed E-state index contributed by atoms with van der Waals surface area (Å²) in [6.45, 7) is 4.53. The fourth-order valence-electron chi connectivity index (χ4n) is 2.53. The average Bonchev–Trinajstić information content (AvgIpc) is 2.67. The standard InChI is InChI=1S/C23H21I3O4/c1-3-29-22(23(27)28)13-17-6-7-21(20(26)12-17)30-9-8-15(2)4-5-16-10-18(24)14-19(25)11-16/h6-8,10-12,14,22H,3,9,13H2,1-2H3,(H,27,28)/b15-8+/t22-/m0/s1. The molecule has 0 aliphatic heterocycles. The van der Waals surface area contributed by atoms with Gasteiger partial charge < -0.3 is 14.6 Å². The molecule has 0 saturated heterocycles. The third-order valence-electron chi connectivity index (χ3n) is 3.96. The average molecular weight is 742 g/mol. The molecule has 0 unspecified atom stereocenters. The van der Waals surface area contributed by atoms with Gasteiger partial charge in [-0.05, 0) is 129 Å². The molecule has 0 bridgehead atoms. The van der Waals surface area contributed by atoms with E-state index in [0.29, 0.717) is 19.6 Å². The van der Waals surface area contributed by atoms with Crippen LogP contribution in [0.1, 0.15) is 25.0 Å². The molecule has 2 aromatic carbocycles. The van der Waals surface area contributed by atoms with Gasteiger partial charge in [-0.1, -0.05) is 17.9 Å². The maximum absolute atomic E-state index is 11.3. The van der Waals surface area contributed by atoms with Crippen LogP contribution in [0.15, 0.2) is 48.0 Å². The molecule has 0 aliphatic rings. The maximum atomic E-state index is 11.3. The lowest BCUT2D eigenvalue weighted by Gasteiger charge is -2.13. The third kappa shape index (κ3) is 8.72. The van der Waals surface area contributed by atoms with Crippen molar-refractivity contribution in [3.8, 4) is 17.6 Å². The molecule has 0 aliphatic carbocycles. The van der Waals surface area contributed by atoms with Gasteiger partial charge in [0.05, 0.1) is 3.57 Å². The largest absolute Gasteiger partial charge is 0.488 e. The van der Waals surface area contributed by atoms with Crippen LogP contribution in [0.4, 0.5) is 0 Å². The summed E-state index contributed by atoms with van der Waals surface area (Å²) < 4.78 is 14.4. The highest BCUT2D eigenvalue weighted by molar-refractivity contribution is 14.1. The maximum Gasteiger partial charge on any atom is 0.333 e. The van der Waals surface area contributed by atoms with Crippen LogP contribution in [0.2, 0.25) is 0 Å². The van der Waals surface area contributed by atoms with Crippen molar-refractivity contribution in [1.82, 2.24) is 0 Å². The van der Waals surface area contributed by atoms with Crippen molar-refractivity contribution in [3.05, 3.63) is 69.9 Å². The summed E-state index contributed by atoms with van der Waals surface area (Å²) in [5, 5.41) is 9.23. The van der Waals surface area contributed by atoms with Crippen molar-refractivity contribution in [2.75, 3.05) is 13.2 Å². The van der Waals surface area contributed by atoms with Crippen LogP contribution in [0.25, 0.3) is 0 Å². The molecule has 30 heavy (non-hydrogen) atoms. The van der Waals surface area contributed by atoms with Crippen LogP contribution in [0.5, 0.6) is 5.75 Å².